The van der Waals surface area contributed by atoms with E-state index >= 15 is 0 Å². The molecule has 2 aliphatic heterocycles. The molecule has 2 aliphatic rings. The van der Waals surface area contributed by atoms with Crippen LogP contribution in [-0.4, -0.2) is 6.71 Å². The molecule has 2 nitrogen and oxygen atoms in total. The normalized spacial score (nSPS) is 12.7. The first-order valence-electron chi connectivity index (χ1n) is 20.6. The standard InChI is InChI=1S/C55H47BN2/c1-35(2)42-23-27-51-50(33-42)56-49-26-22-43(41-20-16-36(3)17-21-41)34-52(49)57(46-24-18-37(4)19-25-46)53-28-38(5)29-54(55(53)56)58(51)47-31-44(40-13-8-7-9-14-40)30-45(32-47)48-15-11-10-12-39(48)6/h7-35H,1-6H3. The lowest BCUT2D eigenvalue weighted by atomic mass is 9.33. The smallest absolute Gasteiger partial charge is 0.252 e. The molecule has 8 aromatic carbocycles. The molecule has 0 aromatic heterocycles. The second-order valence-electron chi connectivity index (χ2n) is 16.7. The quantitative estimate of drug-likeness (QED) is 0.156. The summed E-state index contributed by atoms with van der Waals surface area (Å²) in [4.78, 5) is 5.10. The zero-order valence-electron chi connectivity index (χ0n) is 34.2. The molecule has 0 saturated carbocycles. The molecule has 58 heavy (non-hydrogen) atoms. The minimum absolute atomic E-state index is 0.0486. The fourth-order valence-electron chi connectivity index (χ4n) is 9.28. The van der Waals surface area contributed by atoms with Crippen LogP contribution >= 0.6 is 0 Å². The van der Waals surface area contributed by atoms with E-state index in [-0.39, 0.29) is 6.71 Å². The Morgan fingerprint density at radius 2 is 1.02 bits per heavy atom. The fourth-order valence-corrected chi connectivity index (χ4v) is 9.28. The van der Waals surface area contributed by atoms with Gasteiger partial charge in [-0.25, -0.2) is 0 Å². The van der Waals surface area contributed by atoms with E-state index in [0.29, 0.717) is 5.92 Å². The summed E-state index contributed by atoms with van der Waals surface area (Å²) in [7, 11) is 0. The summed E-state index contributed by atoms with van der Waals surface area (Å²) in [5.41, 5.74) is 25.0. The highest BCUT2D eigenvalue weighted by Crippen LogP contribution is 2.47. The summed E-state index contributed by atoms with van der Waals surface area (Å²) in [6.45, 7) is 13.5. The van der Waals surface area contributed by atoms with Crippen molar-refractivity contribution in [1.29, 1.82) is 0 Å². The lowest BCUT2D eigenvalue weighted by Crippen LogP contribution is -2.61. The van der Waals surface area contributed by atoms with E-state index in [1.807, 2.05) is 0 Å². The van der Waals surface area contributed by atoms with Crippen LogP contribution in [0, 0.1) is 27.7 Å². The second kappa shape index (κ2) is 14.1. The molecule has 0 saturated heterocycles. The molecule has 2 heterocycles. The van der Waals surface area contributed by atoms with E-state index < -0.39 is 0 Å². The van der Waals surface area contributed by atoms with Crippen LogP contribution in [0.15, 0.2) is 170 Å². The Morgan fingerprint density at radius 3 is 1.72 bits per heavy atom. The monoisotopic (exact) mass is 746 g/mol. The van der Waals surface area contributed by atoms with E-state index in [0.717, 1.165) is 5.69 Å². The minimum Gasteiger partial charge on any atom is -0.311 e. The Kier molecular flexibility index (Phi) is 8.71. The summed E-state index contributed by atoms with van der Waals surface area (Å²) in [6.07, 6.45) is 0. The van der Waals surface area contributed by atoms with Gasteiger partial charge in [0.2, 0.25) is 0 Å². The maximum Gasteiger partial charge on any atom is 0.252 e. The number of benzene rings is 8. The predicted octanol–water partition coefficient (Wildman–Crippen LogP) is 13.1. The van der Waals surface area contributed by atoms with Crippen LogP contribution in [0.3, 0.4) is 0 Å². The van der Waals surface area contributed by atoms with Crippen molar-refractivity contribution in [2.24, 2.45) is 0 Å². The van der Waals surface area contributed by atoms with Crippen LogP contribution in [-0.2, 0) is 0 Å². The fraction of sp³-hybridized carbons (Fsp3) is 0.127. The molecule has 0 atom stereocenters. The maximum absolute atomic E-state index is 2.56. The number of rotatable bonds is 6. The molecule has 0 unspecified atom stereocenters. The van der Waals surface area contributed by atoms with Gasteiger partial charge in [-0.15, -0.1) is 0 Å². The summed E-state index contributed by atoms with van der Waals surface area (Å²) in [5.74, 6) is 0.391. The van der Waals surface area contributed by atoms with Gasteiger partial charge >= 0.3 is 0 Å². The van der Waals surface area contributed by atoms with E-state index in [1.165, 1.54) is 106 Å². The topological polar surface area (TPSA) is 6.48 Å². The van der Waals surface area contributed by atoms with Crippen LogP contribution in [0.5, 0.6) is 0 Å². The Balaban J connectivity index is 1.28. The highest BCUT2D eigenvalue weighted by Gasteiger charge is 2.43. The third kappa shape index (κ3) is 6.05. The van der Waals surface area contributed by atoms with Crippen molar-refractivity contribution in [3.8, 4) is 33.4 Å². The molecular formula is C55H47BN2. The Hall–Kier alpha value is -6.58. The molecule has 0 amide bonds. The van der Waals surface area contributed by atoms with E-state index in [1.54, 1.807) is 0 Å². The van der Waals surface area contributed by atoms with Gasteiger partial charge in [0.15, 0.2) is 0 Å². The van der Waals surface area contributed by atoms with Crippen molar-refractivity contribution in [2.45, 2.75) is 47.5 Å². The highest BCUT2D eigenvalue weighted by atomic mass is 15.2. The molecule has 8 aromatic rings. The van der Waals surface area contributed by atoms with Gasteiger partial charge in [-0.2, -0.15) is 0 Å². The first-order valence-corrected chi connectivity index (χ1v) is 20.6. The molecule has 0 aliphatic carbocycles. The summed E-state index contributed by atoms with van der Waals surface area (Å²) >= 11 is 0. The highest BCUT2D eigenvalue weighted by molar-refractivity contribution is 7.00. The summed E-state index contributed by atoms with van der Waals surface area (Å²) in [6, 6.07) is 64.1. The zero-order valence-corrected chi connectivity index (χ0v) is 34.2. The lowest BCUT2D eigenvalue weighted by Gasteiger charge is -2.45. The molecule has 10 rings (SSSR count). The van der Waals surface area contributed by atoms with Crippen LogP contribution in [0.1, 0.15) is 47.6 Å². The molecule has 280 valence electrons. The molecule has 3 heteroatoms. The number of hydrogen-bond acceptors (Lipinski definition) is 2. The zero-order chi connectivity index (χ0) is 39.7. The van der Waals surface area contributed by atoms with Crippen molar-refractivity contribution in [3.63, 3.8) is 0 Å². The van der Waals surface area contributed by atoms with E-state index in [2.05, 4.69) is 221 Å². The van der Waals surface area contributed by atoms with Gasteiger partial charge in [0, 0.05) is 34.1 Å². The Bertz CT molecular complexity index is 2850. The van der Waals surface area contributed by atoms with Crippen molar-refractivity contribution in [2.75, 3.05) is 9.80 Å². The first-order chi connectivity index (χ1) is 28.2. The van der Waals surface area contributed by atoms with E-state index in [9.17, 15) is 0 Å². The van der Waals surface area contributed by atoms with Crippen LogP contribution in [0.25, 0.3) is 33.4 Å². The van der Waals surface area contributed by atoms with Crippen LogP contribution in [0.4, 0.5) is 34.1 Å². The molecular weight excluding hydrogens is 699 g/mol. The van der Waals surface area contributed by atoms with Gasteiger partial charge in [-0.3, -0.25) is 0 Å². The lowest BCUT2D eigenvalue weighted by molar-refractivity contribution is 0.868. The maximum atomic E-state index is 2.56. The number of nitrogens with zero attached hydrogens (tertiary/aromatic N) is 2. The Labute approximate surface area is 344 Å². The molecule has 0 fully saturated rings. The molecule has 0 bridgehead atoms. The number of fused-ring (bicyclic) bond motifs is 4. The average molecular weight is 747 g/mol. The molecule has 0 spiro atoms. The van der Waals surface area contributed by atoms with Crippen molar-refractivity contribution < 1.29 is 0 Å². The third-order valence-corrected chi connectivity index (χ3v) is 12.3. The predicted molar refractivity (Wildman–Crippen MR) is 250 cm³/mol. The second-order valence-corrected chi connectivity index (χ2v) is 16.7. The van der Waals surface area contributed by atoms with Crippen LogP contribution < -0.4 is 26.2 Å². The summed E-state index contributed by atoms with van der Waals surface area (Å²) < 4.78 is 0. The van der Waals surface area contributed by atoms with Gasteiger partial charge in [-0.1, -0.05) is 140 Å². The first kappa shape index (κ1) is 35.8. The summed E-state index contributed by atoms with van der Waals surface area (Å²) in [5, 5.41) is 0. The third-order valence-electron chi connectivity index (χ3n) is 12.3. The van der Waals surface area contributed by atoms with Gasteiger partial charge in [-0.05, 0) is 155 Å². The average Bonchev–Trinajstić information content (AvgIpc) is 3.24. The SMILES string of the molecule is Cc1ccc(-c2ccc3c(c2)N(c2ccc(C)cc2)c2cc(C)cc4c2B3c2cc(C(C)C)ccc2N4c2cc(-c3ccccc3)cc(-c3ccccc3C)c2)cc1. The van der Waals surface area contributed by atoms with E-state index in [4.69, 9.17) is 0 Å². The minimum atomic E-state index is 0.0486. The van der Waals surface area contributed by atoms with Gasteiger partial charge in [0.25, 0.3) is 6.71 Å². The van der Waals surface area contributed by atoms with Gasteiger partial charge in [0.1, 0.15) is 0 Å². The van der Waals surface area contributed by atoms with Crippen LogP contribution in [0.2, 0.25) is 0 Å². The Morgan fingerprint density at radius 1 is 0.397 bits per heavy atom. The molecule has 0 N–H and O–H groups in total. The van der Waals surface area contributed by atoms with Crippen molar-refractivity contribution in [1.82, 2.24) is 0 Å². The molecule has 0 radical (unpaired) electrons. The van der Waals surface area contributed by atoms with Gasteiger partial charge in [0.05, 0.1) is 0 Å². The number of hydrogen-bond donors (Lipinski definition) is 0. The number of aryl methyl sites for hydroxylation is 4. The number of anilines is 6. The van der Waals surface area contributed by atoms with Crippen molar-refractivity contribution in [3.05, 3.63) is 198 Å². The van der Waals surface area contributed by atoms with Gasteiger partial charge < -0.3 is 9.80 Å². The van der Waals surface area contributed by atoms with Crippen molar-refractivity contribution >= 4 is 57.2 Å². The largest absolute Gasteiger partial charge is 0.311 e.